The SMILES string of the molecule is CC(=O)Oc1ccc(C(=O)NC2CCC(Oc3nc(C)cc(C)n3)CC2)cc1. The number of carbonyl (C=O) groups is 2. The van der Waals surface area contributed by atoms with E-state index in [0.29, 0.717) is 17.3 Å². The Morgan fingerprint density at radius 3 is 2.18 bits per heavy atom. The second-order valence-electron chi connectivity index (χ2n) is 7.12. The van der Waals surface area contributed by atoms with Crippen LogP contribution in [0.15, 0.2) is 30.3 Å². The minimum Gasteiger partial charge on any atom is -0.460 e. The van der Waals surface area contributed by atoms with E-state index in [-0.39, 0.29) is 24.0 Å². The molecule has 7 heteroatoms. The van der Waals surface area contributed by atoms with Crippen molar-refractivity contribution in [1.29, 1.82) is 0 Å². The summed E-state index contributed by atoms with van der Waals surface area (Å²) in [6.45, 7) is 5.19. The van der Waals surface area contributed by atoms with Gasteiger partial charge in [0.25, 0.3) is 5.91 Å². The Labute approximate surface area is 164 Å². The highest BCUT2D eigenvalue weighted by Gasteiger charge is 2.24. The highest BCUT2D eigenvalue weighted by molar-refractivity contribution is 5.94. The monoisotopic (exact) mass is 383 g/mol. The van der Waals surface area contributed by atoms with Crippen LogP contribution in [0.5, 0.6) is 11.8 Å². The lowest BCUT2D eigenvalue weighted by Crippen LogP contribution is -2.39. The Morgan fingerprint density at radius 1 is 1.00 bits per heavy atom. The molecule has 148 valence electrons. The van der Waals surface area contributed by atoms with Crippen molar-refractivity contribution >= 4 is 11.9 Å². The number of aryl methyl sites for hydroxylation is 2. The first-order valence-electron chi connectivity index (χ1n) is 9.47. The van der Waals surface area contributed by atoms with Crippen molar-refractivity contribution in [3.63, 3.8) is 0 Å². The van der Waals surface area contributed by atoms with Gasteiger partial charge in [0, 0.05) is 29.9 Å². The van der Waals surface area contributed by atoms with E-state index in [0.717, 1.165) is 37.1 Å². The number of esters is 1. The van der Waals surface area contributed by atoms with Crippen LogP contribution >= 0.6 is 0 Å². The van der Waals surface area contributed by atoms with Gasteiger partial charge in [-0.2, -0.15) is 0 Å². The molecule has 0 aliphatic heterocycles. The molecular formula is C21H25N3O4. The molecule has 1 saturated carbocycles. The maximum absolute atomic E-state index is 12.4. The maximum Gasteiger partial charge on any atom is 0.317 e. The van der Waals surface area contributed by atoms with Crippen LogP contribution in [0.3, 0.4) is 0 Å². The standard InChI is InChI=1S/C21H25N3O4/c1-13-12-14(2)23-21(22-13)28-19-10-6-17(7-11-19)24-20(26)16-4-8-18(9-5-16)27-15(3)25/h4-5,8-9,12,17,19H,6-7,10-11H2,1-3H3,(H,24,26). The van der Waals surface area contributed by atoms with E-state index in [2.05, 4.69) is 15.3 Å². The van der Waals surface area contributed by atoms with Crippen molar-refractivity contribution in [2.75, 3.05) is 0 Å². The summed E-state index contributed by atoms with van der Waals surface area (Å²) in [5.74, 6) is -0.0888. The van der Waals surface area contributed by atoms with E-state index in [9.17, 15) is 9.59 Å². The molecular weight excluding hydrogens is 358 g/mol. The number of nitrogens with zero attached hydrogens (tertiary/aromatic N) is 2. The normalized spacial score (nSPS) is 19.0. The second-order valence-corrected chi connectivity index (χ2v) is 7.12. The lowest BCUT2D eigenvalue weighted by Gasteiger charge is -2.29. The molecule has 3 rings (SSSR count). The molecule has 0 radical (unpaired) electrons. The Balaban J connectivity index is 1.48. The van der Waals surface area contributed by atoms with Gasteiger partial charge >= 0.3 is 12.0 Å². The Kier molecular flexibility index (Phi) is 6.23. The summed E-state index contributed by atoms with van der Waals surface area (Å²) < 4.78 is 10.9. The zero-order chi connectivity index (χ0) is 20.1. The molecule has 0 atom stereocenters. The molecule has 1 amide bonds. The van der Waals surface area contributed by atoms with Crippen LogP contribution in [0.1, 0.15) is 54.4 Å². The van der Waals surface area contributed by atoms with Gasteiger partial charge in [0.15, 0.2) is 0 Å². The van der Waals surface area contributed by atoms with Gasteiger partial charge in [-0.3, -0.25) is 9.59 Å². The molecule has 1 aromatic heterocycles. The third-order valence-corrected chi connectivity index (χ3v) is 4.62. The molecule has 0 bridgehead atoms. The van der Waals surface area contributed by atoms with Crippen LogP contribution in [0.4, 0.5) is 0 Å². The molecule has 0 spiro atoms. The lowest BCUT2D eigenvalue weighted by atomic mass is 9.92. The highest BCUT2D eigenvalue weighted by atomic mass is 16.5. The molecule has 2 aromatic rings. The third-order valence-electron chi connectivity index (χ3n) is 4.62. The predicted octanol–water partition coefficient (Wildman–Crippen LogP) is 3.14. The number of hydrogen-bond donors (Lipinski definition) is 1. The van der Waals surface area contributed by atoms with Crippen LogP contribution in [0.25, 0.3) is 0 Å². The molecule has 1 N–H and O–H groups in total. The Morgan fingerprint density at radius 2 is 1.61 bits per heavy atom. The van der Waals surface area contributed by atoms with Crippen molar-refractivity contribution < 1.29 is 19.1 Å². The van der Waals surface area contributed by atoms with Crippen LogP contribution in [-0.2, 0) is 4.79 Å². The van der Waals surface area contributed by atoms with Crippen LogP contribution in [0, 0.1) is 13.8 Å². The maximum atomic E-state index is 12.4. The minimum atomic E-state index is -0.387. The topological polar surface area (TPSA) is 90.4 Å². The van der Waals surface area contributed by atoms with E-state index < -0.39 is 0 Å². The number of rotatable bonds is 5. The van der Waals surface area contributed by atoms with Crippen molar-refractivity contribution in [3.8, 4) is 11.8 Å². The number of nitrogens with one attached hydrogen (secondary N) is 1. The summed E-state index contributed by atoms with van der Waals surface area (Å²) in [7, 11) is 0. The predicted molar refractivity (Wildman–Crippen MR) is 103 cm³/mol. The quantitative estimate of drug-likeness (QED) is 0.630. The molecule has 1 fully saturated rings. The molecule has 1 aliphatic rings. The van der Waals surface area contributed by atoms with Gasteiger partial charge in [0.2, 0.25) is 0 Å². The fourth-order valence-corrected chi connectivity index (χ4v) is 3.33. The Hall–Kier alpha value is -2.96. The first-order chi connectivity index (χ1) is 13.4. The largest absolute Gasteiger partial charge is 0.460 e. The van der Waals surface area contributed by atoms with Crippen LogP contribution in [0.2, 0.25) is 0 Å². The lowest BCUT2D eigenvalue weighted by molar-refractivity contribution is -0.131. The fraction of sp³-hybridized carbons (Fsp3) is 0.429. The summed E-state index contributed by atoms with van der Waals surface area (Å²) in [5, 5.41) is 3.06. The van der Waals surface area contributed by atoms with Crippen molar-refractivity contribution in [2.24, 2.45) is 0 Å². The van der Waals surface area contributed by atoms with Gasteiger partial charge in [-0.15, -0.1) is 0 Å². The van der Waals surface area contributed by atoms with Crippen LogP contribution in [-0.4, -0.2) is 34.0 Å². The third kappa shape index (κ3) is 5.52. The molecule has 0 unspecified atom stereocenters. The van der Waals surface area contributed by atoms with E-state index in [4.69, 9.17) is 9.47 Å². The zero-order valence-electron chi connectivity index (χ0n) is 16.4. The molecule has 1 aromatic carbocycles. The average molecular weight is 383 g/mol. The summed E-state index contributed by atoms with van der Waals surface area (Å²) in [6.07, 6.45) is 3.43. The molecule has 7 nitrogen and oxygen atoms in total. The number of benzene rings is 1. The average Bonchev–Trinajstić information content (AvgIpc) is 2.62. The zero-order valence-corrected chi connectivity index (χ0v) is 16.4. The van der Waals surface area contributed by atoms with Gasteiger partial charge in [-0.25, -0.2) is 9.97 Å². The smallest absolute Gasteiger partial charge is 0.317 e. The van der Waals surface area contributed by atoms with Gasteiger partial charge in [0.05, 0.1) is 0 Å². The molecule has 1 heterocycles. The number of hydrogen-bond acceptors (Lipinski definition) is 6. The van der Waals surface area contributed by atoms with Crippen molar-refractivity contribution in [2.45, 2.75) is 58.6 Å². The second kappa shape index (κ2) is 8.82. The number of ether oxygens (including phenoxy) is 2. The highest BCUT2D eigenvalue weighted by Crippen LogP contribution is 2.23. The van der Waals surface area contributed by atoms with E-state index >= 15 is 0 Å². The summed E-state index contributed by atoms with van der Waals surface area (Å²) in [5.41, 5.74) is 2.32. The van der Waals surface area contributed by atoms with E-state index in [1.165, 1.54) is 6.92 Å². The molecule has 0 saturated heterocycles. The summed E-state index contributed by atoms with van der Waals surface area (Å²) >= 11 is 0. The van der Waals surface area contributed by atoms with Gasteiger partial charge < -0.3 is 14.8 Å². The summed E-state index contributed by atoms with van der Waals surface area (Å²) in [6, 6.07) is 8.99. The van der Waals surface area contributed by atoms with Gasteiger partial charge in [-0.05, 0) is 69.9 Å². The number of aromatic nitrogens is 2. The molecule has 1 aliphatic carbocycles. The van der Waals surface area contributed by atoms with Crippen molar-refractivity contribution in [3.05, 3.63) is 47.3 Å². The number of carbonyl (C=O) groups excluding carboxylic acids is 2. The van der Waals surface area contributed by atoms with Gasteiger partial charge in [0.1, 0.15) is 11.9 Å². The minimum absolute atomic E-state index is 0.0670. The van der Waals surface area contributed by atoms with Gasteiger partial charge in [-0.1, -0.05) is 0 Å². The van der Waals surface area contributed by atoms with Crippen molar-refractivity contribution in [1.82, 2.24) is 15.3 Å². The summed E-state index contributed by atoms with van der Waals surface area (Å²) in [4.78, 5) is 32.0. The number of amides is 1. The first kappa shape index (κ1) is 19.8. The molecule has 28 heavy (non-hydrogen) atoms. The Bertz CT molecular complexity index is 823. The van der Waals surface area contributed by atoms with E-state index in [1.807, 2.05) is 19.9 Å². The van der Waals surface area contributed by atoms with E-state index in [1.54, 1.807) is 24.3 Å². The fourth-order valence-electron chi connectivity index (χ4n) is 3.33. The van der Waals surface area contributed by atoms with Crippen LogP contribution < -0.4 is 14.8 Å². The first-order valence-corrected chi connectivity index (χ1v) is 9.47.